The SMILES string of the molecule is CC1CC[NH+](CC2CCC(C(C)C)C2)CC1. The zero-order valence-corrected chi connectivity index (χ0v) is 11.5. The van der Waals surface area contributed by atoms with Crippen molar-refractivity contribution >= 4 is 0 Å². The number of rotatable bonds is 3. The molecule has 16 heavy (non-hydrogen) atoms. The molecule has 94 valence electrons. The molecule has 2 unspecified atom stereocenters. The highest BCUT2D eigenvalue weighted by atomic mass is 15.1. The molecule has 0 spiro atoms. The van der Waals surface area contributed by atoms with E-state index in [4.69, 9.17) is 0 Å². The maximum Gasteiger partial charge on any atom is 0.0799 e. The van der Waals surface area contributed by atoms with E-state index in [1.807, 2.05) is 4.90 Å². The zero-order valence-electron chi connectivity index (χ0n) is 11.5. The summed E-state index contributed by atoms with van der Waals surface area (Å²) in [5.41, 5.74) is 0. The number of hydrogen-bond donors (Lipinski definition) is 1. The van der Waals surface area contributed by atoms with Gasteiger partial charge >= 0.3 is 0 Å². The molecular formula is C15H30N+. The molecule has 0 aromatic rings. The normalized spacial score (nSPS) is 40.5. The van der Waals surface area contributed by atoms with Crippen LogP contribution in [0.3, 0.4) is 0 Å². The molecule has 0 amide bonds. The first kappa shape index (κ1) is 12.4. The van der Waals surface area contributed by atoms with Crippen LogP contribution < -0.4 is 4.90 Å². The lowest BCUT2D eigenvalue weighted by Gasteiger charge is -2.29. The highest BCUT2D eigenvalue weighted by Gasteiger charge is 2.30. The fourth-order valence-electron chi connectivity index (χ4n) is 3.69. The summed E-state index contributed by atoms with van der Waals surface area (Å²) in [5.74, 6) is 4.00. The molecular weight excluding hydrogens is 194 g/mol. The van der Waals surface area contributed by atoms with Crippen LogP contribution in [0.2, 0.25) is 0 Å². The number of quaternary nitrogens is 1. The van der Waals surface area contributed by atoms with Crippen molar-refractivity contribution in [3.05, 3.63) is 0 Å². The molecule has 2 atom stereocenters. The van der Waals surface area contributed by atoms with Crippen LogP contribution in [-0.2, 0) is 0 Å². The van der Waals surface area contributed by atoms with E-state index in [1.165, 1.54) is 51.7 Å². The molecule has 1 nitrogen and oxygen atoms in total. The fourth-order valence-corrected chi connectivity index (χ4v) is 3.69. The molecule has 2 aliphatic rings. The van der Waals surface area contributed by atoms with Gasteiger partial charge in [-0.15, -0.1) is 0 Å². The molecule has 2 rings (SSSR count). The number of hydrogen-bond acceptors (Lipinski definition) is 0. The molecule has 1 N–H and O–H groups in total. The average Bonchev–Trinajstić information content (AvgIpc) is 2.70. The fraction of sp³-hybridized carbons (Fsp3) is 1.00. The van der Waals surface area contributed by atoms with E-state index in [9.17, 15) is 0 Å². The van der Waals surface area contributed by atoms with E-state index < -0.39 is 0 Å². The maximum atomic E-state index is 2.42. The second-order valence-corrected chi connectivity index (χ2v) is 6.82. The zero-order chi connectivity index (χ0) is 11.5. The third-order valence-electron chi connectivity index (χ3n) is 5.08. The largest absolute Gasteiger partial charge is 0.335 e. The van der Waals surface area contributed by atoms with Crippen LogP contribution in [0.4, 0.5) is 0 Å². The first-order chi connectivity index (χ1) is 7.65. The highest BCUT2D eigenvalue weighted by molar-refractivity contribution is 4.77. The summed E-state index contributed by atoms with van der Waals surface area (Å²) >= 11 is 0. The predicted octanol–water partition coefficient (Wildman–Crippen LogP) is 2.37. The third kappa shape index (κ3) is 3.23. The Bertz CT molecular complexity index is 203. The lowest BCUT2D eigenvalue weighted by atomic mass is 9.93. The molecule has 1 saturated heterocycles. The quantitative estimate of drug-likeness (QED) is 0.751. The summed E-state index contributed by atoms with van der Waals surface area (Å²) in [5, 5.41) is 0. The van der Waals surface area contributed by atoms with E-state index in [0.717, 1.165) is 23.7 Å². The van der Waals surface area contributed by atoms with Crippen molar-refractivity contribution in [2.24, 2.45) is 23.7 Å². The molecule has 2 fully saturated rings. The molecule has 0 aromatic carbocycles. The van der Waals surface area contributed by atoms with Crippen molar-refractivity contribution in [1.29, 1.82) is 0 Å². The number of nitrogens with one attached hydrogen (secondary N) is 1. The summed E-state index contributed by atoms with van der Waals surface area (Å²) in [4.78, 5) is 1.91. The van der Waals surface area contributed by atoms with Crippen LogP contribution >= 0.6 is 0 Å². The molecule has 1 heteroatoms. The maximum absolute atomic E-state index is 2.42. The Hall–Kier alpha value is -0.0400. The second-order valence-electron chi connectivity index (χ2n) is 6.82. The van der Waals surface area contributed by atoms with E-state index in [2.05, 4.69) is 20.8 Å². The Labute approximate surface area is 102 Å². The molecule has 0 radical (unpaired) electrons. The molecule has 0 bridgehead atoms. The van der Waals surface area contributed by atoms with E-state index in [1.54, 1.807) is 0 Å². The summed E-state index contributed by atoms with van der Waals surface area (Å²) in [6, 6.07) is 0. The smallest absolute Gasteiger partial charge is 0.0799 e. The van der Waals surface area contributed by atoms with Gasteiger partial charge in [0.25, 0.3) is 0 Å². The van der Waals surface area contributed by atoms with Crippen LogP contribution in [0.25, 0.3) is 0 Å². The predicted molar refractivity (Wildman–Crippen MR) is 69.6 cm³/mol. The van der Waals surface area contributed by atoms with Gasteiger partial charge < -0.3 is 4.90 Å². The van der Waals surface area contributed by atoms with Gasteiger partial charge in [-0.25, -0.2) is 0 Å². The van der Waals surface area contributed by atoms with Crippen molar-refractivity contribution in [3.8, 4) is 0 Å². The van der Waals surface area contributed by atoms with Crippen LogP contribution in [0, 0.1) is 23.7 Å². The van der Waals surface area contributed by atoms with Gasteiger partial charge in [-0.3, -0.25) is 0 Å². The Morgan fingerprint density at radius 1 is 1.06 bits per heavy atom. The van der Waals surface area contributed by atoms with Crippen LogP contribution in [-0.4, -0.2) is 19.6 Å². The van der Waals surface area contributed by atoms with Crippen molar-refractivity contribution in [1.82, 2.24) is 0 Å². The molecule has 1 heterocycles. The summed E-state index contributed by atoms with van der Waals surface area (Å²) < 4.78 is 0. The van der Waals surface area contributed by atoms with E-state index >= 15 is 0 Å². The minimum Gasteiger partial charge on any atom is -0.335 e. The van der Waals surface area contributed by atoms with E-state index in [0.29, 0.717) is 0 Å². The summed E-state index contributed by atoms with van der Waals surface area (Å²) in [6.45, 7) is 11.6. The van der Waals surface area contributed by atoms with Gasteiger partial charge in [0.15, 0.2) is 0 Å². The summed E-state index contributed by atoms with van der Waals surface area (Å²) in [6.07, 6.45) is 7.48. The topological polar surface area (TPSA) is 4.44 Å². The van der Waals surface area contributed by atoms with Gasteiger partial charge in [0, 0.05) is 5.92 Å². The van der Waals surface area contributed by atoms with Gasteiger partial charge in [-0.1, -0.05) is 20.8 Å². The standard InChI is InChI=1S/C15H29N/c1-12(2)15-5-4-14(10-15)11-16-8-6-13(3)7-9-16/h12-15H,4-11H2,1-3H3/p+1. The van der Waals surface area contributed by atoms with Crippen molar-refractivity contribution in [2.45, 2.75) is 52.9 Å². The lowest BCUT2D eigenvalue weighted by molar-refractivity contribution is -0.909. The van der Waals surface area contributed by atoms with Gasteiger partial charge in [0.05, 0.1) is 19.6 Å². The van der Waals surface area contributed by atoms with Crippen LogP contribution in [0.1, 0.15) is 52.9 Å². The van der Waals surface area contributed by atoms with Gasteiger partial charge in [0.2, 0.25) is 0 Å². The van der Waals surface area contributed by atoms with Gasteiger partial charge in [-0.2, -0.15) is 0 Å². The Morgan fingerprint density at radius 3 is 2.31 bits per heavy atom. The number of piperidine rings is 1. The van der Waals surface area contributed by atoms with Crippen LogP contribution in [0.5, 0.6) is 0 Å². The van der Waals surface area contributed by atoms with E-state index in [-0.39, 0.29) is 0 Å². The molecule has 1 saturated carbocycles. The first-order valence-electron chi connectivity index (χ1n) is 7.48. The minimum atomic E-state index is 0.918. The Balaban J connectivity index is 1.71. The molecule has 1 aliphatic carbocycles. The average molecular weight is 224 g/mol. The second kappa shape index (κ2) is 5.53. The lowest BCUT2D eigenvalue weighted by Crippen LogP contribution is -3.13. The minimum absolute atomic E-state index is 0.918. The molecule has 0 aromatic heterocycles. The molecule has 1 aliphatic heterocycles. The first-order valence-corrected chi connectivity index (χ1v) is 7.48. The van der Waals surface area contributed by atoms with Crippen molar-refractivity contribution in [3.63, 3.8) is 0 Å². The Kier molecular flexibility index (Phi) is 4.29. The van der Waals surface area contributed by atoms with Gasteiger partial charge in [0.1, 0.15) is 0 Å². The third-order valence-corrected chi connectivity index (χ3v) is 5.08. The van der Waals surface area contributed by atoms with Crippen molar-refractivity contribution in [2.75, 3.05) is 19.6 Å². The van der Waals surface area contributed by atoms with Gasteiger partial charge in [-0.05, 0) is 49.9 Å². The highest BCUT2D eigenvalue weighted by Crippen LogP contribution is 2.34. The summed E-state index contributed by atoms with van der Waals surface area (Å²) in [7, 11) is 0. The van der Waals surface area contributed by atoms with Crippen LogP contribution in [0.15, 0.2) is 0 Å². The number of likely N-dealkylation sites (tertiary alicyclic amines) is 1. The Morgan fingerprint density at radius 2 is 1.75 bits per heavy atom. The van der Waals surface area contributed by atoms with Crippen molar-refractivity contribution < 1.29 is 4.90 Å². The monoisotopic (exact) mass is 224 g/mol.